The third-order valence-electron chi connectivity index (χ3n) is 3.02. The van der Waals surface area contributed by atoms with Crippen LogP contribution < -0.4 is 20.1 Å². The van der Waals surface area contributed by atoms with Gasteiger partial charge in [0.15, 0.2) is 0 Å². The summed E-state index contributed by atoms with van der Waals surface area (Å²) in [5.74, 6) is 1.53. The van der Waals surface area contributed by atoms with E-state index in [-0.39, 0.29) is 0 Å². The number of nitrogens with zero attached hydrogens (tertiary/aromatic N) is 3. The van der Waals surface area contributed by atoms with Crippen LogP contribution in [-0.4, -0.2) is 68.4 Å². The molecule has 0 saturated carbocycles. The van der Waals surface area contributed by atoms with E-state index < -0.39 is 0 Å². The van der Waals surface area contributed by atoms with E-state index in [2.05, 4.69) is 25.5 Å². The maximum atomic E-state index is 5.10. The predicted molar refractivity (Wildman–Crippen MR) is 72.9 cm³/mol. The minimum Gasteiger partial charge on any atom is -0.481 e. The monoisotopic (exact) mass is 267 g/mol. The molecule has 7 heteroatoms. The molecule has 0 aromatic carbocycles. The first-order chi connectivity index (χ1) is 9.31. The molecule has 0 atom stereocenters. The zero-order valence-corrected chi connectivity index (χ0v) is 11.5. The van der Waals surface area contributed by atoms with Gasteiger partial charge in [0.25, 0.3) is 0 Å². The van der Waals surface area contributed by atoms with Gasteiger partial charge in [0.1, 0.15) is 0 Å². The van der Waals surface area contributed by atoms with Gasteiger partial charge in [-0.1, -0.05) is 0 Å². The first-order valence-corrected chi connectivity index (χ1v) is 6.46. The Morgan fingerprint density at radius 1 is 1.21 bits per heavy atom. The lowest BCUT2D eigenvalue weighted by atomic mass is 10.3. The van der Waals surface area contributed by atoms with Crippen LogP contribution in [0, 0.1) is 0 Å². The standard InChI is InChI=1S/C12H21N5O2/c1-18-10-9-11(19-2)16-12(15-10)14-5-8-17-6-3-13-4-7-17/h9,13H,3-8H2,1-2H3,(H,14,15,16). The number of methoxy groups -OCH3 is 2. The Morgan fingerprint density at radius 3 is 2.42 bits per heavy atom. The first kappa shape index (κ1) is 13.8. The summed E-state index contributed by atoms with van der Waals surface area (Å²) in [6.45, 7) is 6.07. The van der Waals surface area contributed by atoms with Gasteiger partial charge < -0.3 is 20.1 Å². The summed E-state index contributed by atoms with van der Waals surface area (Å²) in [4.78, 5) is 10.9. The SMILES string of the molecule is COc1cc(OC)nc(NCCN2CCNCC2)n1. The summed E-state index contributed by atoms with van der Waals surface area (Å²) in [6.07, 6.45) is 0. The van der Waals surface area contributed by atoms with Crippen molar-refractivity contribution in [1.29, 1.82) is 0 Å². The molecule has 1 aromatic rings. The second-order valence-electron chi connectivity index (χ2n) is 4.29. The van der Waals surface area contributed by atoms with Crippen molar-refractivity contribution < 1.29 is 9.47 Å². The fourth-order valence-electron chi connectivity index (χ4n) is 1.95. The molecule has 19 heavy (non-hydrogen) atoms. The van der Waals surface area contributed by atoms with Gasteiger partial charge in [0.05, 0.1) is 20.3 Å². The highest BCUT2D eigenvalue weighted by molar-refractivity contribution is 5.33. The van der Waals surface area contributed by atoms with E-state index in [1.165, 1.54) is 0 Å². The van der Waals surface area contributed by atoms with E-state index >= 15 is 0 Å². The van der Waals surface area contributed by atoms with Crippen LogP contribution >= 0.6 is 0 Å². The lowest BCUT2D eigenvalue weighted by molar-refractivity contribution is 0.249. The molecule has 0 aliphatic carbocycles. The number of nitrogens with one attached hydrogen (secondary N) is 2. The summed E-state index contributed by atoms with van der Waals surface area (Å²) >= 11 is 0. The highest BCUT2D eigenvalue weighted by Crippen LogP contribution is 2.16. The molecule has 7 nitrogen and oxygen atoms in total. The Kier molecular flexibility index (Phi) is 5.17. The van der Waals surface area contributed by atoms with Crippen LogP contribution in [0.25, 0.3) is 0 Å². The van der Waals surface area contributed by atoms with E-state index in [0.717, 1.165) is 39.3 Å². The van der Waals surface area contributed by atoms with Gasteiger partial charge in [-0.3, -0.25) is 4.90 Å². The van der Waals surface area contributed by atoms with Crippen molar-refractivity contribution in [3.8, 4) is 11.8 Å². The molecule has 0 spiro atoms. The van der Waals surface area contributed by atoms with Gasteiger partial charge in [0, 0.05) is 39.3 Å². The van der Waals surface area contributed by atoms with Crippen LogP contribution in [0.4, 0.5) is 5.95 Å². The number of aromatic nitrogens is 2. The van der Waals surface area contributed by atoms with E-state index in [1.54, 1.807) is 20.3 Å². The number of piperazine rings is 1. The summed E-state index contributed by atoms with van der Waals surface area (Å²) < 4.78 is 10.2. The molecule has 1 aromatic heterocycles. The lowest BCUT2D eigenvalue weighted by Crippen LogP contribution is -2.45. The van der Waals surface area contributed by atoms with Crippen LogP contribution in [-0.2, 0) is 0 Å². The topological polar surface area (TPSA) is 71.5 Å². The van der Waals surface area contributed by atoms with Crippen LogP contribution in [0.3, 0.4) is 0 Å². The van der Waals surface area contributed by atoms with Crippen LogP contribution in [0.5, 0.6) is 11.8 Å². The number of rotatable bonds is 6. The van der Waals surface area contributed by atoms with E-state index in [0.29, 0.717) is 17.7 Å². The Morgan fingerprint density at radius 2 is 1.84 bits per heavy atom. The average Bonchev–Trinajstić information content (AvgIpc) is 2.48. The molecule has 1 aliphatic rings. The molecule has 2 heterocycles. The van der Waals surface area contributed by atoms with Crippen LogP contribution in [0.15, 0.2) is 6.07 Å². The zero-order chi connectivity index (χ0) is 13.5. The summed E-state index contributed by atoms with van der Waals surface area (Å²) in [7, 11) is 3.15. The molecule has 1 aliphatic heterocycles. The highest BCUT2D eigenvalue weighted by atomic mass is 16.5. The largest absolute Gasteiger partial charge is 0.481 e. The van der Waals surface area contributed by atoms with Crippen molar-refractivity contribution in [1.82, 2.24) is 20.2 Å². The molecule has 1 fully saturated rings. The quantitative estimate of drug-likeness (QED) is 0.740. The molecule has 0 unspecified atom stereocenters. The summed E-state index contributed by atoms with van der Waals surface area (Å²) in [5, 5.41) is 6.53. The number of anilines is 1. The third-order valence-corrected chi connectivity index (χ3v) is 3.02. The molecule has 0 bridgehead atoms. The van der Waals surface area contributed by atoms with E-state index in [4.69, 9.17) is 9.47 Å². The van der Waals surface area contributed by atoms with Crippen molar-refractivity contribution >= 4 is 5.95 Å². The van der Waals surface area contributed by atoms with Crippen molar-refractivity contribution in [2.45, 2.75) is 0 Å². The molecule has 2 rings (SSSR count). The Hall–Kier alpha value is -1.60. The van der Waals surface area contributed by atoms with Gasteiger partial charge in [-0.25, -0.2) is 0 Å². The van der Waals surface area contributed by atoms with Gasteiger partial charge >= 0.3 is 0 Å². The normalized spacial score (nSPS) is 16.1. The van der Waals surface area contributed by atoms with Crippen molar-refractivity contribution in [2.75, 3.05) is 58.8 Å². The molecular weight excluding hydrogens is 246 g/mol. The number of ether oxygens (including phenoxy) is 2. The van der Waals surface area contributed by atoms with Crippen LogP contribution in [0.1, 0.15) is 0 Å². The minimum atomic E-state index is 0.497. The zero-order valence-electron chi connectivity index (χ0n) is 11.5. The van der Waals surface area contributed by atoms with E-state index in [1.807, 2.05) is 0 Å². The fourth-order valence-corrected chi connectivity index (χ4v) is 1.95. The molecule has 0 amide bonds. The molecular formula is C12H21N5O2. The molecule has 106 valence electrons. The average molecular weight is 267 g/mol. The smallest absolute Gasteiger partial charge is 0.229 e. The highest BCUT2D eigenvalue weighted by Gasteiger charge is 2.09. The van der Waals surface area contributed by atoms with Gasteiger partial charge in [-0.15, -0.1) is 0 Å². The van der Waals surface area contributed by atoms with Gasteiger partial charge in [-0.05, 0) is 0 Å². The van der Waals surface area contributed by atoms with Gasteiger partial charge in [-0.2, -0.15) is 9.97 Å². The van der Waals surface area contributed by atoms with Crippen molar-refractivity contribution in [3.63, 3.8) is 0 Å². The van der Waals surface area contributed by atoms with E-state index in [9.17, 15) is 0 Å². The van der Waals surface area contributed by atoms with Crippen molar-refractivity contribution in [3.05, 3.63) is 6.07 Å². The minimum absolute atomic E-state index is 0.497. The molecule has 0 radical (unpaired) electrons. The Balaban J connectivity index is 1.84. The number of hydrogen-bond acceptors (Lipinski definition) is 7. The maximum absolute atomic E-state index is 5.10. The predicted octanol–water partition coefficient (Wildman–Crippen LogP) is -0.189. The molecule has 1 saturated heterocycles. The first-order valence-electron chi connectivity index (χ1n) is 6.46. The summed E-state index contributed by atoms with van der Waals surface area (Å²) in [6, 6.07) is 1.65. The van der Waals surface area contributed by atoms with Gasteiger partial charge in [0.2, 0.25) is 17.7 Å². The lowest BCUT2D eigenvalue weighted by Gasteiger charge is -2.27. The second kappa shape index (κ2) is 7.10. The fraction of sp³-hybridized carbons (Fsp3) is 0.667. The Labute approximate surface area is 113 Å². The molecule has 2 N–H and O–H groups in total. The van der Waals surface area contributed by atoms with Crippen molar-refractivity contribution in [2.24, 2.45) is 0 Å². The Bertz CT molecular complexity index is 373. The maximum Gasteiger partial charge on any atom is 0.229 e. The van der Waals surface area contributed by atoms with Crippen LogP contribution in [0.2, 0.25) is 0 Å². The number of hydrogen-bond donors (Lipinski definition) is 2. The summed E-state index contributed by atoms with van der Waals surface area (Å²) in [5.41, 5.74) is 0. The second-order valence-corrected chi connectivity index (χ2v) is 4.29. The third kappa shape index (κ3) is 4.22.